The summed E-state index contributed by atoms with van der Waals surface area (Å²) in [5.74, 6) is 0.816. The van der Waals surface area contributed by atoms with Crippen molar-refractivity contribution in [2.45, 2.75) is 45.3 Å². The Morgan fingerprint density at radius 3 is 2.64 bits per heavy atom. The highest BCUT2D eigenvalue weighted by Gasteiger charge is 2.26. The van der Waals surface area contributed by atoms with Crippen molar-refractivity contribution in [3.63, 3.8) is 0 Å². The zero-order valence-corrected chi connectivity index (χ0v) is 15.6. The number of carbonyl (C=O) groups excluding carboxylic acids is 1. The molecule has 1 amide bonds. The van der Waals surface area contributed by atoms with E-state index in [0.29, 0.717) is 18.1 Å². The lowest BCUT2D eigenvalue weighted by Crippen LogP contribution is -2.44. The summed E-state index contributed by atoms with van der Waals surface area (Å²) in [7, 11) is 0. The molecule has 0 bridgehead atoms. The first-order valence-corrected chi connectivity index (χ1v) is 8.99. The number of nitrogens with zero attached hydrogens (tertiary/aromatic N) is 2. The summed E-state index contributed by atoms with van der Waals surface area (Å²) in [5, 5.41) is 5.14. The van der Waals surface area contributed by atoms with E-state index in [9.17, 15) is 4.79 Å². The number of ether oxygens (including phenoxy) is 1. The zero-order valence-electron chi connectivity index (χ0n) is 14.9. The van der Waals surface area contributed by atoms with Gasteiger partial charge in [0, 0.05) is 24.5 Å². The SMILES string of the molecule is CC(C)(C)OC(=O)N1CCC(Nc2ccc3cccc(Cl)c3n2)CC1. The average Bonchev–Trinajstić information content (AvgIpc) is 2.55. The fourth-order valence-corrected chi connectivity index (χ4v) is 3.16. The monoisotopic (exact) mass is 361 g/mol. The molecule has 1 fully saturated rings. The largest absolute Gasteiger partial charge is 0.444 e. The molecule has 1 aromatic carbocycles. The molecule has 2 heterocycles. The number of para-hydroxylation sites is 1. The topological polar surface area (TPSA) is 54.5 Å². The minimum Gasteiger partial charge on any atom is -0.444 e. The van der Waals surface area contributed by atoms with E-state index in [1.165, 1.54) is 0 Å². The average molecular weight is 362 g/mol. The van der Waals surface area contributed by atoms with Crippen molar-refractivity contribution >= 4 is 34.4 Å². The molecular formula is C19H24ClN3O2. The summed E-state index contributed by atoms with van der Waals surface area (Å²) in [6, 6.07) is 10.0. The van der Waals surface area contributed by atoms with Gasteiger partial charge >= 0.3 is 6.09 Å². The molecular weight excluding hydrogens is 338 g/mol. The highest BCUT2D eigenvalue weighted by Crippen LogP contribution is 2.24. The Kier molecular flexibility index (Phi) is 5.04. The van der Waals surface area contributed by atoms with Crippen molar-refractivity contribution in [3.8, 4) is 0 Å². The van der Waals surface area contributed by atoms with Crippen LogP contribution in [0, 0.1) is 0 Å². The molecule has 0 unspecified atom stereocenters. The van der Waals surface area contributed by atoms with E-state index in [4.69, 9.17) is 16.3 Å². The summed E-state index contributed by atoms with van der Waals surface area (Å²) in [6.45, 7) is 7.02. The Hall–Kier alpha value is -2.01. The minimum atomic E-state index is -0.458. The lowest BCUT2D eigenvalue weighted by Gasteiger charge is -2.33. The first kappa shape index (κ1) is 17.8. The fourth-order valence-electron chi connectivity index (χ4n) is 2.93. The number of hydrogen-bond acceptors (Lipinski definition) is 4. The summed E-state index contributed by atoms with van der Waals surface area (Å²) < 4.78 is 5.43. The fraction of sp³-hybridized carbons (Fsp3) is 0.474. The second-order valence-electron chi connectivity index (χ2n) is 7.39. The van der Waals surface area contributed by atoms with Crippen LogP contribution in [0.1, 0.15) is 33.6 Å². The number of benzene rings is 1. The number of hydrogen-bond donors (Lipinski definition) is 1. The van der Waals surface area contributed by atoms with Crippen LogP contribution in [0.15, 0.2) is 30.3 Å². The summed E-state index contributed by atoms with van der Waals surface area (Å²) in [5.41, 5.74) is 0.348. The second-order valence-corrected chi connectivity index (χ2v) is 7.80. The van der Waals surface area contributed by atoms with E-state index >= 15 is 0 Å². The van der Waals surface area contributed by atoms with Gasteiger partial charge in [0.15, 0.2) is 0 Å². The van der Waals surface area contributed by atoms with Gasteiger partial charge in [-0.15, -0.1) is 0 Å². The highest BCUT2D eigenvalue weighted by molar-refractivity contribution is 6.35. The van der Waals surface area contributed by atoms with E-state index in [1.54, 1.807) is 4.90 Å². The third kappa shape index (κ3) is 4.54. The number of rotatable bonds is 2. The van der Waals surface area contributed by atoms with Gasteiger partial charge in [-0.25, -0.2) is 9.78 Å². The number of amides is 1. The van der Waals surface area contributed by atoms with Gasteiger partial charge in [0.2, 0.25) is 0 Å². The van der Waals surface area contributed by atoms with Gasteiger partial charge in [-0.05, 0) is 51.8 Å². The smallest absolute Gasteiger partial charge is 0.410 e. The van der Waals surface area contributed by atoms with Gasteiger partial charge in [0.1, 0.15) is 11.4 Å². The molecule has 25 heavy (non-hydrogen) atoms. The Balaban J connectivity index is 1.59. The molecule has 0 radical (unpaired) electrons. The van der Waals surface area contributed by atoms with Crippen molar-refractivity contribution in [3.05, 3.63) is 35.4 Å². The lowest BCUT2D eigenvalue weighted by molar-refractivity contribution is 0.0210. The van der Waals surface area contributed by atoms with Gasteiger partial charge < -0.3 is 15.0 Å². The Bertz CT molecular complexity index is 765. The molecule has 1 aromatic heterocycles. The van der Waals surface area contributed by atoms with Gasteiger partial charge in [-0.1, -0.05) is 23.7 Å². The van der Waals surface area contributed by atoms with Crippen molar-refractivity contribution in [1.29, 1.82) is 0 Å². The molecule has 0 saturated carbocycles. The predicted molar refractivity (Wildman–Crippen MR) is 101 cm³/mol. The normalized spacial score (nSPS) is 16.1. The molecule has 6 heteroatoms. The standard InChI is InChI=1S/C19H24ClN3O2/c1-19(2,3)25-18(24)23-11-9-14(10-12-23)21-16-8-7-13-5-4-6-15(20)17(13)22-16/h4-8,14H,9-12H2,1-3H3,(H,21,22). The van der Waals surface area contributed by atoms with Crippen molar-refractivity contribution in [1.82, 2.24) is 9.88 Å². The maximum absolute atomic E-state index is 12.1. The summed E-state index contributed by atoms with van der Waals surface area (Å²) >= 11 is 6.23. The predicted octanol–water partition coefficient (Wildman–Crippen LogP) is 4.70. The molecule has 0 atom stereocenters. The van der Waals surface area contributed by atoms with E-state index in [2.05, 4.69) is 10.3 Å². The van der Waals surface area contributed by atoms with Crippen LogP contribution in [-0.2, 0) is 4.74 Å². The molecule has 2 aromatic rings. The number of nitrogens with one attached hydrogen (secondary N) is 1. The second kappa shape index (κ2) is 7.08. The van der Waals surface area contributed by atoms with Crippen LogP contribution in [0.4, 0.5) is 10.6 Å². The van der Waals surface area contributed by atoms with Crippen LogP contribution in [0.25, 0.3) is 10.9 Å². The molecule has 1 aliphatic rings. The summed E-state index contributed by atoms with van der Waals surface area (Å²) in [4.78, 5) is 18.5. The number of anilines is 1. The Morgan fingerprint density at radius 1 is 1.24 bits per heavy atom. The Morgan fingerprint density at radius 2 is 1.96 bits per heavy atom. The van der Waals surface area contributed by atoms with Crippen LogP contribution in [-0.4, -0.2) is 40.7 Å². The number of piperidine rings is 1. The van der Waals surface area contributed by atoms with E-state index < -0.39 is 5.60 Å². The third-order valence-electron chi connectivity index (χ3n) is 4.17. The number of pyridine rings is 1. The van der Waals surface area contributed by atoms with Crippen LogP contribution in [0.5, 0.6) is 0 Å². The third-order valence-corrected chi connectivity index (χ3v) is 4.47. The Labute approximate surface area is 153 Å². The van der Waals surface area contributed by atoms with Crippen LogP contribution in [0.3, 0.4) is 0 Å². The number of halogens is 1. The van der Waals surface area contributed by atoms with Gasteiger partial charge in [-0.2, -0.15) is 0 Å². The molecule has 3 rings (SSSR count). The van der Waals surface area contributed by atoms with Crippen molar-refractivity contribution < 1.29 is 9.53 Å². The number of likely N-dealkylation sites (tertiary alicyclic amines) is 1. The summed E-state index contributed by atoms with van der Waals surface area (Å²) in [6.07, 6.45) is 1.49. The van der Waals surface area contributed by atoms with Crippen LogP contribution < -0.4 is 5.32 Å². The minimum absolute atomic E-state index is 0.235. The van der Waals surface area contributed by atoms with Crippen molar-refractivity contribution in [2.75, 3.05) is 18.4 Å². The molecule has 1 N–H and O–H groups in total. The molecule has 0 spiro atoms. The molecule has 1 saturated heterocycles. The van der Waals surface area contributed by atoms with Gasteiger partial charge in [0.05, 0.1) is 10.5 Å². The first-order valence-electron chi connectivity index (χ1n) is 8.61. The molecule has 0 aliphatic carbocycles. The van der Waals surface area contributed by atoms with Gasteiger partial charge in [0.25, 0.3) is 0 Å². The lowest BCUT2D eigenvalue weighted by atomic mass is 10.1. The van der Waals surface area contributed by atoms with E-state index in [1.807, 2.05) is 51.1 Å². The zero-order chi connectivity index (χ0) is 18.0. The first-order chi connectivity index (χ1) is 11.8. The maximum Gasteiger partial charge on any atom is 0.410 e. The molecule has 5 nitrogen and oxygen atoms in total. The number of fused-ring (bicyclic) bond motifs is 1. The van der Waals surface area contributed by atoms with Crippen LogP contribution >= 0.6 is 11.6 Å². The highest BCUT2D eigenvalue weighted by atomic mass is 35.5. The maximum atomic E-state index is 12.1. The van der Waals surface area contributed by atoms with E-state index in [0.717, 1.165) is 29.6 Å². The quantitative estimate of drug-likeness (QED) is 0.842. The van der Waals surface area contributed by atoms with Crippen molar-refractivity contribution in [2.24, 2.45) is 0 Å². The molecule has 1 aliphatic heterocycles. The van der Waals surface area contributed by atoms with Crippen LogP contribution in [0.2, 0.25) is 5.02 Å². The van der Waals surface area contributed by atoms with E-state index in [-0.39, 0.29) is 12.1 Å². The number of carbonyl (C=O) groups is 1. The molecule has 134 valence electrons. The number of aromatic nitrogens is 1. The van der Waals surface area contributed by atoms with Gasteiger partial charge in [-0.3, -0.25) is 0 Å².